The van der Waals surface area contributed by atoms with Crippen LogP contribution >= 0.6 is 23.1 Å². The summed E-state index contributed by atoms with van der Waals surface area (Å²) in [6.07, 6.45) is 3.03. The Balaban J connectivity index is 2.91. The van der Waals surface area contributed by atoms with Gasteiger partial charge in [0.15, 0.2) is 0 Å². The van der Waals surface area contributed by atoms with Crippen molar-refractivity contribution in [1.82, 2.24) is 4.90 Å². The van der Waals surface area contributed by atoms with Crippen LogP contribution in [0.1, 0.15) is 33.5 Å². The lowest BCUT2D eigenvalue weighted by atomic mass is 10.2. The van der Waals surface area contributed by atoms with E-state index in [0.717, 1.165) is 27.5 Å². The van der Waals surface area contributed by atoms with E-state index in [2.05, 4.69) is 25.0 Å². The molecule has 0 radical (unpaired) electrons. The molecule has 20 heavy (non-hydrogen) atoms. The van der Waals surface area contributed by atoms with Gasteiger partial charge in [-0.15, -0.1) is 11.3 Å². The Morgan fingerprint density at radius 1 is 1.60 bits per heavy atom. The molecule has 0 spiro atoms. The fourth-order valence-corrected chi connectivity index (χ4v) is 3.75. The fourth-order valence-electron chi connectivity index (χ4n) is 1.88. The van der Waals surface area contributed by atoms with Gasteiger partial charge >= 0.3 is 0 Å². The van der Waals surface area contributed by atoms with Gasteiger partial charge in [0.2, 0.25) is 0 Å². The molecule has 1 unspecified atom stereocenters. The lowest BCUT2D eigenvalue weighted by Gasteiger charge is -2.26. The Morgan fingerprint density at radius 2 is 2.30 bits per heavy atom. The molecule has 0 aliphatic heterocycles. The molecule has 1 rings (SSSR count). The molecule has 0 aliphatic rings. The summed E-state index contributed by atoms with van der Waals surface area (Å²) >= 11 is 3.22. The number of carbonyl (C=O) groups excluding carboxylic acids is 1. The average molecular weight is 310 g/mol. The zero-order chi connectivity index (χ0) is 15.1. The molecule has 0 saturated heterocycles. The van der Waals surface area contributed by atoms with E-state index in [9.17, 15) is 4.79 Å². The summed E-state index contributed by atoms with van der Waals surface area (Å²) < 4.78 is 0. The molecule has 110 valence electrons. The topological polar surface area (TPSA) is 46.3 Å². The van der Waals surface area contributed by atoms with Crippen LogP contribution in [-0.4, -0.2) is 42.4 Å². The predicted octanol–water partition coefficient (Wildman–Crippen LogP) is 2.58. The highest BCUT2D eigenvalue weighted by atomic mass is 32.2. The highest BCUT2D eigenvalue weighted by Gasteiger charge is 2.21. The second kappa shape index (κ2) is 8.35. The standard InChI is InChI=1S/C15H22N2OS2/c1-5-12(10-19-4)17(3)15(18)14-9-11(2)13(20-14)7-6-8-16/h9,12H,5,8,10,16H2,1-4H3. The van der Waals surface area contributed by atoms with Crippen LogP contribution in [0.25, 0.3) is 0 Å². The molecule has 1 aromatic rings. The summed E-state index contributed by atoms with van der Waals surface area (Å²) in [5.74, 6) is 6.91. The SMILES string of the molecule is CCC(CSC)N(C)C(=O)c1cc(C)c(C#CCN)s1. The first kappa shape index (κ1) is 17.1. The highest BCUT2D eigenvalue weighted by molar-refractivity contribution is 7.98. The van der Waals surface area contributed by atoms with Crippen molar-refractivity contribution >= 4 is 29.0 Å². The zero-order valence-electron chi connectivity index (χ0n) is 12.5. The van der Waals surface area contributed by atoms with Crippen LogP contribution in [0.2, 0.25) is 0 Å². The van der Waals surface area contributed by atoms with Crippen molar-refractivity contribution in [2.24, 2.45) is 5.73 Å². The molecule has 0 saturated carbocycles. The van der Waals surface area contributed by atoms with Gasteiger partial charge in [-0.25, -0.2) is 0 Å². The molecule has 1 aromatic heterocycles. The van der Waals surface area contributed by atoms with Crippen molar-refractivity contribution in [3.8, 4) is 11.8 Å². The quantitative estimate of drug-likeness (QED) is 0.850. The van der Waals surface area contributed by atoms with Crippen molar-refractivity contribution in [2.75, 3.05) is 25.6 Å². The van der Waals surface area contributed by atoms with Crippen LogP contribution in [0.5, 0.6) is 0 Å². The van der Waals surface area contributed by atoms with Crippen molar-refractivity contribution < 1.29 is 4.79 Å². The molecule has 1 amide bonds. The first-order valence-electron chi connectivity index (χ1n) is 6.60. The van der Waals surface area contributed by atoms with Crippen molar-refractivity contribution in [1.29, 1.82) is 0 Å². The van der Waals surface area contributed by atoms with Gasteiger partial charge < -0.3 is 10.6 Å². The number of amides is 1. The molecule has 1 atom stereocenters. The van der Waals surface area contributed by atoms with Crippen LogP contribution in [-0.2, 0) is 0 Å². The van der Waals surface area contributed by atoms with Gasteiger partial charge in [-0.1, -0.05) is 18.8 Å². The van der Waals surface area contributed by atoms with Gasteiger partial charge in [0.1, 0.15) is 0 Å². The van der Waals surface area contributed by atoms with Gasteiger partial charge in [-0.3, -0.25) is 4.79 Å². The molecule has 2 N–H and O–H groups in total. The minimum atomic E-state index is 0.0831. The number of hydrogen-bond acceptors (Lipinski definition) is 4. The average Bonchev–Trinajstić information content (AvgIpc) is 2.82. The smallest absolute Gasteiger partial charge is 0.263 e. The number of carbonyl (C=O) groups is 1. The minimum absolute atomic E-state index is 0.0831. The summed E-state index contributed by atoms with van der Waals surface area (Å²) in [5.41, 5.74) is 6.43. The molecule has 5 heteroatoms. The Labute approximate surface area is 129 Å². The Hall–Kier alpha value is -0.960. The zero-order valence-corrected chi connectivity index (χ0v) is 14.2. The number of thiophene rings is 1. The third-order valence-corrected chi connectivity index (χ3v) is 4.99. The number of nitrogens with zero attached hydrogens (tertiary/aromatic N) is 1. The molecule has 0 fully saturated rings. The molecule has 0 aromatic carbocycles. The van der Waals surface area contributed by atoms with E-state index >= 15 is 0 Å². The van der Waals surface area contributed by atoms with Crippen LogP contribution < -0.4 is 5.73 Å². The number of nitrogens with two attached hydrogens (primary N) is 1. The Morgan fingerprint density at radius 3 is 2.85 bits per heavy atom. The van der Waals surface area contributed by atoms with Crippen molar-refractivity contribution in [3.05, 3.63) is 21.4 Å². The minimum Gasteiger partial charge on any atom is -0.337 e. The third kappa shape index (κ3) is 4.27. The van der Waals surface area contributed by atoms with Gasteiger partial charge in [-0.2, -0.15) is 11.8 Å². The predicted molar refractivity (Wildman–Crippen MR) is 89.5 cm³/mol. The maximum Gasteiger partial charge on any atom is 0.263 e. The summed E-state index contributed by atoms with van der Waals surface area (Å²) in [7, 11) is 1.88. The maximum absolute atomic E-state index is 12.5. The van der Waals surface area contributed by atoms with Gasteiger partial charge in [0, 0.05) is 18.8 Å². The summed E-state index contributed by atoms with van der Waals surface area (Å²) in [6, 6.07) is 2.20. The van der Waals surface area contributed by atoms with Crippen LogP contribution in [0, 0.1) is 18.8 Å². The number of aryl methyl sites for hydroxylation is 1. The van der Waals surface area contributed by atoms with E-state index in [0.29, 0.717) is 6.54 Å². The maximum atomic E-state index is 12.5. The Bertz CT molecular complexity index is 514. The molecule has 0 aliphatic carbocycles. The summed E-state index contributed by atoms with van der Waals surface area (Å²) in [5, 5.41) is 0. The largest absolute Gasteiger partial charge is 0.337 e. The van der Waals surface area contributed by atoms with Crippen LogP contribution in [0.3, 0.4) is 0 Å². The van der Waals surface area contributed by atoms with E-state index in [1.54, 1.807) is 11.8 Å². The molecule has 3 nitrogen and oxygen atoms in total. The van der Waals surface area contributed by atoms with E-state index in [1.165, 1.54) is 11.3 Å². The highest BCUT2D eigenvalue weighted by Crippen LogP contribution is 2.23. The normalized spacial score (nSPS) is 11.7. The van der Waals surface area contributed by atoms with Gasteiger partial charge in [0.25, 0.3) is 5.91 Å². The molecule has 1 heterocycles. The second-order valence-electron chi connectivity index (χ2n) is 4.56. The lowest BCUT2D eigenvalue weighted by molar-refractivity contribution is 0.0748. The molecule has 0 bridgehead atoms. The molecular weight excluding hydrogens is 288 g/mol. The van der Waals surface area contributed by atoms with Crippen LogP contribution in [0.15, 0.2) is 6.07 Å². The number of thioether (sulfide) groups is 1. The lowest BCUT2D eigenvalue weighted by Crippen LogP contribution is -2.37. The second-order valence-corrected chi connectivity index (χ2v) is 6.53. The molecular formula is C15H22N2OS2. The van der Waals surface area contributed by atoms with Crippen molar-refractivity contribution in [3.63, 3.8) is 0 Å². The van der Waals surface area contributed by atoms with Crippen molar-refractivity contribution in [2.45, 2.75) is 26.3 Å². The van der Waals surface area contributed by atoms with E-state index in [4.69, 9.17) is 5.73 Å². The van der Waals surface area contributed by atoms with E-state index < -0.39 is 0 Å². The third-order valence-electron chi connectivity index (χ3n) is 3.13. The summed E-state index contributed by atoms with van der Waals surface area (Å²) in [6.45, 7) is 4.43. The van der Waals surface area contributed by atoms with E-state index in [-0.39, 0.29) is 11.9 Å². The number of hydrogen-bond donors (Lipinski definition) is 1. The van der Waals surface area contributed by atoms with Gasteiger partial charge in [-0.05, 0) is 31.2 Å². The van der Waals surface area contributed by atoms with Gasteiger partial charge in [0.05, 0.1) is 16.3 Å². The van der Waals surface area contributed by atoms with E-state index in [1.807, 2.05) is 24.9 Å². The monoisotopic (exact) mass is 310 g/mol. The summed E-state index contributed by atoms with van der Waals surface area (Å²) in [4.78, 5) is 16.1. The van der Waals surface area contributed by atoms with Crippen LogP contribution in [0.4, 0.5) is 0 Å². The Kier molecular flexibility index (Phi) is 7.14. The fraction of sp³-hybridized carbons (Fsp3) is 0.533. The first-order chi connectivity index (χ1) is 9.54. The number of rotatable bonds is 5. The first-order valence-corrected chi connectivity index (χ1v) is 8.81.